The number of nitrogens with zero attached hydrogens (tertiary/aromatic N) is 1. The first-order valence-electron chi connectivity index (χ1n) is 8.18. The van der Waals surface area contributed by atoms with Gasteiger partial charge in [-0.1, -0.05) is 17.8 Å². The predicted octanol–water partition coefficient (Wildman–Crippen LogP) is 4.81. The lowest BCUT2D eigenvalue weighted by Gasteiger charge is -2.16. The van der Waals surface area contributed by atoms with Crippen LogP contribution < -0.4 is 10.6 Å². The van der Waals surface area contributed by atoms with Gasteiger partial charge in [-0.05, 0) is 48.7 Å². The normalized spacial score (nSPS) is 18.8. The van der Waals surface area contributed by atoms with Crippen LogP contribution >= 0.6 is 11.8 Å². The summed E-state index contributed by atoms with van der Waals surface area (Å²) in [5, 5.41) is 6.02. The summed E-state index contributed by atoms with van der Waals surface area (Å²) in [6.45, 7) is 1.59. The van der Waals surface area contributed by atoms with Crippen LogP contribution in [0.1, 0.15) is 23.8 Å². The summed E-state index contributed by atoms with van der Waals surface area (Å²) in [4.78, 5) is 15.0. The van der Waals surface area contributed by atoms with Gasteiger partial charge in [-0.3, -0.25) is 0 Å². The fourth-order valence-corrected chi connectivity index (χ4v) is 4.18. The molecule has 2 N–H and O–H groups in total. The van der Waals surface area contributed by atoms with Crippen molar-refractivity contribution >= 4 is 29.2 Å². The second-order valence-corrected chi connectivity index (χ2v) is 7.30. The molecule has 0 bridgehead atoms. The van der Waals surface area contributed by atoms with Crippen LogP contribution in [0.25, 0.3) is 0 Å². The van der Waals surface area contributed by atoms with Crippen molar-refractivity contribution in [2.45, 2.75) is 23.1 Å². The highest BCUT2D eigenvalue weighted by Crippen LogP contribution is 2.47. The highest BCUT2D eigenvalue weighted by atomic mass is 32.2. The van der Waals surface area contributed by atoms with E-state index in [4.69, 9.17) is 0 Å². The molecule has 1 unspecified atom stereocenters. The van der Waals surface area contributed by atoms with Gasteiger partial charge in [0.15, 0.2) is 11.6 Å². The first kappa shape index (κ1) is 16.2. The SMILES string of the molecule is O=C(Nc1ccc2c(c1)NC(c1ccc(F)c(F)c1)S2)N1CCCC1. The highest BCUT2D eigenvalue weighted by molar-refractivity contribution is 8.00. The van der Waals surface area contributed by atoms with E-state index in [9.17, 15) is 13.6 Å². The molecule has 4 rings (SSSR count). The molecule has 1 atom stereocenters. The first-order valence-corrected chi connectivity index (χ1v) is 9.06. The molecule has 0 saturated carbocycles. The van der Waals surface area contributed by atoms with Crippen molar-refractivity contribution in [1.82, 2.24) is 4.90 Å². The summed E-state index contributed by atoms with van der Waals surface area (Å²) in [5.74, 6) is -1.70. The van der Waals surface area contributed by atoms with Gasteiger partial charge in [0.05, 0.1) is 5.69 Å². The molecule has 2 aliphatic rings. The lowest BCUT2D eigenvalue weighted by atomic mass is 10.2. The number of halogens is 2. The molecule has 2 aromatic carbocycles. The minimum atomic E-state index is -0.852. The van der Waals surface area contributed by atoms with E-state index in [0.29, 0.717) is 5.56 Å². The van der Waals surface area contributed by atoms with Gasteiger partial charge in [-0.15, -0.1) is 0 Å². The Labute approximate surface area is 148 Å². The summed E-state index contributed by atoms with van der Waals surface area (Å²) < 4.78 is 26.6. The Kier molecular flexibility index (Phi) is 4.25. The van der Waals surface area contributed by atoms with Crippen LogP contribution in [0.4, 0.5) is 25.0 Å². The Morgan fingerprint density at radius 3 is 2.68 bits per heavy atom. The number of rotatable bonds is 2. The highest BCUT2D eigenvalue weighted by Gasteiger charge is 2.25. The molecular formula is C18H17F2N3OS. The minimum Gasteiger partial charge on any atom is -0.368 e. The fraction of sp³-hybridized carbons (Fsp3) is 0.278. The lowest BCUT2D eigenvalue weighted by molar-refractivity contribution is 0.222. The third-order valence-corrected chi connectivity index (χ3v) is 5.64. The zero-order valence-corrected chi connectivity index (χ0v) is 14.2. The van der Waals surface area contributed by atoms with Gasteiger partial charge in [-0.25, -0.2) is 13.6 Å². The molecule has 2 heterocycles. The van der Waals surface area contributed by atoms with Gasteiger partial charge in [-0.2, -0.15) is 0 Å². The molecule has 7 heteroatoms. The van der Waals surface area contributed by atoms with Crippen LogP contribution in [0.15, 0.2) is 41.3 Å². The standard InChI is InChI=1S/C18H17F2N3OS/c19-13-5-3-11(9-14(13)20)17-22-15-10-12(4-6-16(15)25-17)21-18(24)23-7-1-2-8-23/h3-6,9-10,17,22H,1-2,7-8H2,(H,21,24). The molecule has 0 aliphatic carbocycles. The van der Waals surface area contributed by atoms with Crippen molar-refractivity contribution in [2.24, 2.45) is 0 Å². The third kappa shape index (κ3) is 3.28. The van der Waals surface area contributed by atoms with Crippen LogP contribution in [0, 0.1) is 11.6 Å². The van der Waals surface area contributed by atoms with Crippen LogP contribution in [0.5, 0.6) is 0 Å². The predicted molar refractivity (Wildman–Crippen MR) is 94.8 cm³/mol. The smallest absolute Gasteiger partial charge is 0.321 e. The molecule has 130 valence electrons. The fourth-order valence-electron chi connectivity index (χ4n) is 3.07. The molecule has 25 heavy (non-hydrogen) atoms. The quantitative estimate of drug-likeness (QED) is 0.807. The number of hydrogen-bond donors (Lipinski definition) is 2. The van der Waals surface area contributed by atoms with E-state index in [0.717, 1.165) is 48.3 Å². The maximum Gasteiger partial charge on any atom is 0.321 e. The van der Waals surface area contributed by atoms with E-state index in [1.54, 1.807) is 11.0 Å². The number of amides is 2. The second-order valence-electron chi connectivity index (χ2n) is 6.15. The average molecular weight is 361 g/mol. The Morgan fingerprint density at radius 1 is 1.12 bits per heavy atom. The molecular weight excluding hydrogens is 344 g/mol. The summed E-state index contributed by atoms with van der Waals surface area (Å²) in [5.41, 5.74) is 2.26. The van der Waals surface area contributed by atoms with Crippen LogP contribution in [0.3, 0.4) is 0 Å². The van der Waals surface area contributed by atoms with Gasteiger partial charge in [0, 0.05) is 23.7 Å². The van der Waals surface area contributed by atoms with E-state index in [1.807, 2.05) is 18.2 Å². The Hall–Kier alpha value is -2.28. The number of urea groups is 1. The number of benzene rings is 2. The van der Waals surface area contributed by atoms with Crippen molar-refractivity contribution in [3.8, 4) is 0 Å². The largest absolute Gasteiger partial charge is 0.368 e. The average Bonchev–Trinajstić information content (AvgIpc) is 3.26. The van der Waals surface area contributed by atoms with E-state index < -0.39 is 11.6 Å². The maximum absolute atomic E-state index is 13.5. The van der Waals surface area contributed by atoms with Gasteiger partial charge < -0.3 is 15.5 Å². The van der Waals surface area contributed by atoms with Crippen LogP contribution in [0.2, 0.25) is 0 Å². The summed E-state index contributed by atoms with van der Waals surface area (Å²) in [6.07, 6.45) is 2.09. The molecule has 0 aromatic heterocycles. The van der Waals surface area contributed by atoms with E-state index in [-0.39, 0.29) is 11.4 Å². The lowest BCUT2D eigenvalue weighted by Crippen LogP contribution is -2.32. The van der Waals surface area contributed by atoms with Crippen LogP contribution in [-0.2, 0) is 0 Å². The number of fused-ring (bicyclic) bond motifs is 1. The summed E-state index contributed by atoms with van der Waals surface area (Å²) in [6, 6.07) is 9.49. The van der Waals surface area contributed by atoms with Crippen molar-refractivity contribution < 1.29 is 13.6 Å². The third-order valence-electron chi connectivity index (χ3n) is 4.40. The second kappa shape index (κ2) is 6.55. The van der Waals surface area contributed by atoms with E-state index in [2.05, 4.69) is 10.6 Å². The number of hydrogen-bond acceptors (Lipinski definition) is 3. The Balaban J connectivity index is 1.48. The molecule has 1 saturated heterocycles. The number of nitrogens with one attached hydrogen (secondary N) is 2. The number of anilines is 2. The van der Waals surface area contributed by atoms with E-state index in [1.165, 1.54) is 17.8 Å². The first-order chi connectivity index (χ1) is 12.1. The zero-order valence-electron chi connectivity index (χ0n) is 13.4. The molecule has 2 aromatic rings. The molecule has 0 radical (unpaired) electrons. The van der Waals surface area contributed by atoms with Crippen molar-refractivity contribution in [3.63, 3.8) is 0 Å². The number of carbonyl (C=O) groups is 1. The van der Waals surface area contributed by atoms with Crippen molar-refractivity contribution in [2.75, 3.05) is 23.7 Å². The van der Waals surface area contributed by atoms with Gasteiger partial charge in [0.1, 0.15) is 5.37 Å². The Bertz CT molecular complexity index is 824. The summed E-state index contributed by atoms with van der Waals surface area (Å²) in [7, 11) is 0. The van der Waals surface area contributed by atoms with Crippen molar-refractivity contribution in [1.29, 1.82) is 0 Å². The van der Waals surface area contributed by atoms with E-state index >= 15 is 0 Å². The van der Waals surface area contributed by atoms with Crippen molar-refractivity contribution in [3.05, 3.63) is 53.6 Å². The number of carbonyl (C=O) groups excluding carboxylic acids is 1. The maximum atomic E-state index is 13.5. The van der Waals surface area contributed by atoms with Gasteiger partial charge in [0.2, 0.25) is 0 Å². The van der Waals surface area contributed by atoms with Gasteiger partial charge in [0.25, 0.3) is 0 Å². The number of likely N-dealkylation sites (tertiary alicyclic amines) is 1. The Morgan fingerprint density at radius 2 is 1.92 bits per heavy atom. The van der Waals surface area contributed by atoms with Gasteiger partial charge >= 0.3 is 6.03 Å². The number of thioether (sulfide) groups is 1. The zero-order chi connectivity index (χ0) is 17.4. The minimum absolute atomic E-state index is 0.0831. The molecule has 0 spiro atoms. The summed E-state index contributed by atoms with van der Waals surface area (Å²) >= 11 is 1.53. The molecule has 4 nitrogen and oxygen atoms in total. The monoisotopic (exact) mass is 361 g/mol. The molecule has 2 aliphatic heterocycles. The van der Waals surface area contributed by atoms with Crippen LogP contribution in [-0.4, -0.2) is 24.0 Å². The molecule has 1 fully saturated rings. The topological polar surface area (TPSA) is 44.4 Å². The molecule has 2 amide bonds.